The first-order chi connectivity index (χ1) is 15.0. The van der Waals surface area contributed by atoms with Crippen LogP contribution in [0, 0.1) is 18.3 Å². The normalized spacial score (nSPS) is 11.4. The Hall–Kier alpha value is -3.25. The standard InChI is InChI=1S/C27H19Cl2NO/c1-18-6-8-19(9-7-18)22(16-30)14-25-24-5-3-2-4-20(24)11-13-27(25)31-17-21-10-12-23(28)15-26(21)29/h2-15H,17H2,1H3/b22-14-. The Morgan fingerprint density at radius 2 is 1.74 bits per heavy atom. The van der Waals surface area contributed by atoms with Gasteiger partial charge in [0.25, 0.3) is 0 Å². The summed E-state index contributed by atoms with van der Waals surface area (Å²) >= 11 is 12.3. The average molecular weight is 444 g/mol. The van der Waals surface area contributed by atoms with E-state index in [0.717, 1.165) is 33.0 Å². The zero-order valence-corrected chi connectivity index (χ0v) is 18.4. The Bertz CT molecular complexity index is 1320. The number of benzene rings is 4. The number of halogens is 2. The van der Waals surface area contributed by atoms with Crippen LogP contribution in [0.5, 0.6) is 5.75 Å². The van der Waals surface area contributed by atoms with Gasteiger partial charge in [0.1, 0.15) is 12.4 Å². The second-order valence-electron chi connectivity index (χ2n) is 7.26. The molecule has 152 valence electrons. The van der Waals surface area contributed by atoms with Crippen LogP contribution in [0.1, 0.15) is 22.3 Å². The first kappa shape index (κ1) is 21.0. The molecule has 0 aliphatic rings. The van der Waals surface area contributed by atoms with Gasteiger partial charge in [0.2, 0.25) is 0 Å². The van der Waals surface area contributed by atoms with E-state index in [1.165, 1.54) is 0 Å². The minimum Gasteiger partial charge on any atom is -0.488 e. The van der Waals surface area contributed by atoms with Crippen molar-refractivity contribution in [3.05, 3.63) is 111 Å². The largest absolute Gasteiger partial charge is 0.488 e. The van der Waals surface area contributed by atoms with Crippen molar-refractivity contribution in [2.24, 2.45) is 0 Å². The molecule has 2 nitrogen and oxygen atoms in total. The highest BCUT2D eigenvalue weighted by Gasteiger charge is 2.11. The number of aryl methyl sites for hydroxylation is 1. The predicted molar refractivity (Wildman–Crippen MR) is 129 cm³/mol. The second kappa shape index (κ2) is 9.27. The number of rotatable bonds is 5. The lowest BCUT2D eigenvalue weighted by atomic mass is 9.98. The number of allylic oxidation sites excluding steroid dienone is 1. The molecule has 4 heteroatoms. The summed E-state index contributed by atoms with van der Waals surface area (Å²) in [5, 5.41) is 13.1. The van der Waals surface area contributed by atoms with Crippen molar-refractivity contribution >= 4 is 45.6 Å². The van der Waals surface area contributed by atoms with Crippen LogP contribution in [0.25, 0.3) is 22.4 Å². The minimum absolute atomic E-state index is 0.293. The molecule has 4 aromatic rings. The number of hydrogen-bond acceptors (Lipinski definition) is 2. The molecule has 0 unspecified atom stereocenters. The van der Waals surface area contributed by atoms with Crippen molar-refractivity contribution in [1.82, 2.24) is 0 Å². The van der Waals surface area contributed by atoms with E-state index in [-0.39, 0.29) is 0 Å². The molecule has 4 rings (SSSR count). The first-order valence-corrected chi connectivity index (χ1v) is 10.6. The van der Waals surface area contributed by atoms with Crippen LogP contribution in [0.3, 0.4) is 0 Å². The summed E-state index contributed by atoms with van der Waals surface area (Å²) in [6.07, 6.45) is 1.89. The Labute approximate surface area is 191 Å². The quantitative estimate of drug-likeness (QED) is 0.230. The van der Waals surface area contributed by atoms with Crippen molar-refractivity contribution in [1.29, 1.82) is 5.26 Å². The SMILES string of the molecule is Cc1ccc(/C(C#N)=C\c2c(OCc3ccc(Cl)cc3Cl)ccc3ccccc23)cc1. The molecule has 0 aliphatic heterocycles. The van der Waals surface area contributed by atoms with Gasteiger partial charge >= 0.3 is 0 Å². The average Bonchev–Trinajstić information content (AvgIpc) is 2.78. The Morgan fingerprint density at radius 3 is 2.48 bits per heavy atom. The summed E-state index contributed by atoms with van der Waals surface area (Å²) in [4.78, 5) is 0. The highest BCUT2D eigenvalue weighted by atomic mass is 35.5. The highest BCUT2D eigenvalue weighted by Crippen LogP contribution is 2.33. The van der Waals surface area contributed by atoms with Gasteiger partial charge in [0.15, 0.2) is 0 Å². The molecule has 0 atom stereocenters. The summed E-state index contributed by atoms with van der Waals surface area (Å²) < 4.78 is 6.17. The fraction of sp³-hybridized carbons (Fsp3) is 0.0741. The van der Waals surface area contributed by atoms with Crippen molar-refractivity contribution in [2.45, 2.75) is 13.5 Å². The third kappa shape index (κ3) is 4.75. The zero-order valence-electron chi connectivity index (χ0n) is 16.9. The molecule has 0 heterocycles. The fourth-order valence-electron chi connectivity index (χ4n) is 3.40. The molecular formula is C27H19Cl2NO. The lowest BCUT2D eigenvalue weighted by molar-refractivity contribution is 0.306. The molecule has 0 radical (unpaired) electrons. The van der Waals surface area contributed by atoms with Crippen LogP contribution in [-0.2, 0) is 6.61 Å². The van der Waals surface area contributed by atoms with E-state index in [4.69, 9.17) is 27.9 Å². The van der Waals surface area contributed by atoms with Crippen LogP contribution < -0.4 is 4.74 Å². The van der Waals surface area contributed by atoms with E-state index in [1.54, 1.807) is 12.1 Å². The third-order valence-electron chi connectivity index (χ3n) is 5.10. The van der Waals surface area contributed by atoms with Gasteiger partial charge in [-0.25, -0.2) is 0 Å². The molecular weight excluding hydrogens is 425 g/mol. The van der Waals surface area contributed by atoms with E-state index < -0.39 is 0 Å². The topological polar surface area (TPSA) is 33.0 Å². The molecule has 0 saturated carbocycles. The van der Waals surface area contributed by atoms with Crippen LogP contribution in [0.2, 0.25) is 10.0 Å². The number of nitriles is 1. The van der Waals surface area contributed by atoms with E-state index in [1.807, 2.05) is 79.7 Å². The number of ether oxygens (including phenoxy) is 1. The van der Waals surface area contributed by atoms with Crippen LogP contribution >= 0.6 is 23.2 Å². The molecule has 31 heavy (non-hydrogen) atoms. The van der Waals surface area contributed by atoms with Gasteiger partial charge < -0.3 is 4.74 Å². The molecule has 0 fully saturated rings. The fourth-order valence-corrected chi connectivity index (χ4v) is 3.87. The van der Waals surface area contributed by atoms with E-state index in [2.05, 4.69) is 6.07 Å². The Kier molecular flexibility index (Phi) is 6.28. The van der Waals surface area contributed by atoms with Gasteiger partial charge in [-0.1, -0.05) is 89.4 Å². The summed E-state index contributed by atoms with van der Waals surface area (Å²) in [5.74, 6) is 0.685. The smallest absolute Gasteiger partial charge is 0.127 e. The maximum atomic E-state index is 9.85. The molecule has 0 spiro atoms. The van der Waals surface area contributed by atoms with Gasteiger partial charge in [-0.05, 0) is 47.5 Å². The summed E-state index contributed by atoms with van der Waals surface area (Å²) in [5.41, 5.74) is 4.29. The summed E-state index contributed by atoms with van der Waals surface area (Å²) in [6.45, 7) is 2.32. The van der Waals surface area contributed by atoms with Crippen LogP contribution in [0.15, 0.2) is 78.9 Å². The van der Waals surface area contributed by atoms with Gasteiger partial charge in [-0.15, -0.1) is 0 Å². The van der Waals surface area contributed by atoms with Crippen LogP contribution in [0.4, 0.5) is 0 Å². The van der Waals surface area contributed by atoms with Gasteiger partial charge in [0, 0.05) is 21.2 Å². The Balaban J connectivity index is 1.78. The van der Waals surface area contributed by atoms with Crippen molar-refractivity contribution in [3.8, 4) is 11.8 Å². The molecule has 0 N–H and O–H groups in total. The highest BCUT2D eigenvalue weighted by molar-refractivity contribution is 6.35. The van der Waals surface area contributed by atoms with Crippen molar-refractivity contribution in [2.75, 3.05) is 0 Å². The van der Waals surface area contributed by atoms with E-state index >= 15 is 0 Å². The molecule has 0 amide bonds. The first-order valence-electron chi connectivity index (χ1n) is 9.82. The van der Waals surface area contributed by atoms with E-state index in [0.29, 0.717) is 28.0 Å². The zero-order chi connectivity index (χ0) is 21.8. The lowest BCUT2D eigenvalue weighted by Crippen LogP contribution is -1.98. The molecule has 0 saturated heterocycles. The predicted octanol–water partition coefficient (Wildman–Crippen LogP) is 8.10. The van der Waals surface area contributed by atoms with Crippen LogP contribution in [-0.4, -0.2) is 0 Å². The maximum absolute atomic E-state index is 9.85. The molecule has 0 aromatic heterocycles. The van der Waals surface area contributed by atoms with Crippen molar-refractivity contribution in [3.63, 3.8) is 0 Å². The van der Waals surface area contributed by atoms with Gasteiger partial charge in [-0.2, -0.15) is 5.26 Å². The molecule has 0 aliphatic carbocycles. The number of hydrogen-bond donors (Lipinski definition) is 0. The molecule has 4 aromatic carbocycles. The van der Waals surface area contributed by atoms with Gasteiger partial charge in [0.05, 0.1) is 11.6 Å². The monoisotopic (exact) mass is 443 g/mol. The molecule has 0 bridgehead atoms. The number of nitrogens with zero attached hydrogens (tertiary/aromatic N) is 1. The summed E-state index contributed by atoms with van der Waals surface area (Å²) in [7, 11) is 0. The summed E-state index contributed by atoms with van der Waals surface area (Å²) in [6, 6.07) is 27.6. The number of fused-ring (bicyclic) bond motifs is 1. The van der Waals surface area contributed by atoms with E-state index in [9.17, 15) is 5.26 Å². The second-order valence-corrected chi connectivity index (χ2v) is 8.10. The van der Waals surface area contributed by atoms with Gasteiger partial charge in [-0.3, -0.25) is 0 Å². The lowest BCUT2D eigenvalue weighted by Gasteiger charge is -2.14. The maximum Gasteiger partial charge on any atom is 0.127 e. The minimum atomic E-state index is 0.293. The van der Waals surface area contributed by atoms with Crippen molar-refractivity contribution < 1.29 is 4.74 Å². The Morgan fingerprint density at radius 1 is 0.968 bits per heavy atom. The third-order valence-corrected chi connectivity index (χ3v) is 5.69.